The van der Waals surface area contributed by atoms with Gasteiger partial charge in [-0.25, -0.2) is 0 Å². The van der Waals surface area contributed by atoms with Gasteiger partial charge in [-0.3, -0.25) is 19.3 Å². The zero-order chi connectivity index (χ0) is 21.5. The monoisotopic (exact) mass is 408 g/mol. The summed E-state index contributed by atoms with van der Waals surface area (Å²) in [7, 11) is 0. The predicted octanol–water partition coefficient (Wildman–Crippen LogP) is 2.93. The zero-order valence-electron chi connectivity index (χ0n) is 17.4. The summed E-state index contributed by atoms with van der Waals surface area (Å²) in [6.45, 7) is 4.02. The quantitative estimate of drug-likeness (QED) is 0.595. The van der Waals surface area contributed by atoms with E-state index in [1.807, 2.05) is 42.2 Å². The fourth-order valence-electron chi connectivity index (χ4n) is 3.28. The Labute approximate surface area is 176 Å². The van der Waals surface area contributed by atoms with E-state index in [4.69, 9.17) is 0 Å². The molecule has 0 unspecified atom stereocenters. The van der Waals surface area contributed by atoms with Gasteiger partial charge < -0.3 is 16.0 Å². The average molecular weight is 409 g/mol. The first-order valence-corrected chi connectivity index (χ1v) is 10.2. The van der Waals surface area contributed by atoms with Gasteiger partial charge in [0, 0.05) is 24.3 Å². The molecule has 7 heteroatoms. The van der Waals surface area contributed by atoms with Gasteiger partial charge in [-0.15, -0.1) is 0 Å². The minimum Gasteiger partial charge on any atom is -0.352 e. The predicted molar refractivity (Wildman–Crippen MR) is 117 cm³/mol. The van der Waals surface area contributed by atoms with E-state index < -0.39 is 6.04 Å². The number of hydrogen-bond donors (Lipinski definition) is 3. The fraction of sp³-hybridized carbons (Fsp3) is 0.348. The molecule has 2 aromatic rings. The summed E-state index contributed by atoms with van der Waals surface area (Å²) in [4.78, 5) is 38.6. The molecule has 0 radical (unpaired) electrons. The van der Waals surface area contributed by atoms with Gasteiger partial charge in [-0.1, -0.05) is 37.3 Å². The van der Waals surface area contributed by atoms with Crippen LogP contribution < -0.4 is 16.0 Å². The molecule has 3 amide bonds. The van der Waals surface area contributed by atoms with Crippen LogP contribution in [0.25, 0.3) is 0 Å². The number of nitrogens with one attached hydrogen (secondary N) is 3. The van der Waals surface area contributed by atoms with E-state index in [0.29, 0.717) is 17.9 Å². The van der Waals surface area contributed by atoms with Crippen LogP contribution in [0.4, 0.5) is 11.4 Å². The third kappa shape index (κ3) is 6.15. The first-order valence-electron chi connectivity index (χ1n) is 10.2. The molecule has 0 aliphatic heterocycles. The Balaban J connectivity index is 1.68. The third-order valence-electron chi connectivity index (χ3n) is 4.89. The second kappa shape index (κ2) is 10.0. The molecule has 0 saturated heterocycles. The van der Waals surface area contributed by atoms with Crippen molar-refractivity contribution < 1.29 is 14.4 Å². The lowest BCUT2D eigenvalue weighted by atomic mass is 10.0. The average Bonchev–Trinajstić information content (AvgIpc) is 3.53. The topological polar surface area (TPSA) is 90.5 Å². The maximum absolute atomic E-state index is 12.9. The molecule has 30 heavy (non-hydrogen) atoms. The molecule has 1 atom stereocenters. The Morgan fingerprint density at radius 1 is 0.967 bits per heavy atom. The number of carbonyl (C=O) groups excluding carboxylic acids is 3. The molecule has 1 aliphatic rings. The van der Waals surface area contributed by atoms with Crippen molar-refractivity contribution in [1.29, 1.82) is 0 Å². The maximum atomic E-state index is 12.9. The second-order valence-electron chi connectivity index (χ2n) is 7.47. The van der Waals surface area contributed by atoms with Crippen LogP contribution in [0.1, 0.15) is 38.3 Å². The van der Waals surface area contributed by atoms with Crippen LogP contribution in [0, 0.1) is 0 Å². The number of nitrogens with zero attached hydrogens (tertiary/aromatic N) is 1. The van der Waals surface area contributed by atoms with Crippen LogP contribution in [-0.2, 0) is 14.4 Å². The summed E-state index contributed by atoms with van der Waals surface area (Å²) in [6, 6.07) is 16.2. The minimum atomic E-state index is -0.523. The van der Waals surface area contributed by atoms with E-state index in [9.17, 15) is 14.4 Å². The lowest BCUT2D eigenvalue weighted by molar-refractivity contribution is -0.128. The van der Waals surface area contributed by atoms with Crippen molar-refractivity contribution in [3.63, 3.8) is 0 Å². The van der Waals surface area contributed by atoms with E-state index in [0.717, 1.165) is 18.4 Å². The SMILES string of the molecule is CCN(CC(=O)Nc1ccc(NC(C)=O)cc1)[C@@H](C(=O)NC1CC1)c1ccccc1. The van der Waals surface area contributed by atoms with Gasteiger partial charge in [0.2, 0.25) is 17.7 Å². The molecule has 158 valence electrons. The maximum Gasteiger partial charge on any atom is 0.242 e. The molecular formula is C23H28N4O3. The van der Waals surface area contributed by atoms with Crippen molar-refractivity contribution in [3.05, 3.63) is 60.2 Å². The van der Waals surface area contributed by atoms with Crippen molar-refractivity contribution in [1.82, 2.24) is 10.2 Å². The second-order valence-corrected chi connectivity index (χ2v) is 7.47. The number of rotatable bonds is 9. The molecule has 7 nitrogen and oxygen atoms in total. The smallest absolute Gasteiger partial charge is 0.242 e. The minimum absolute atomic E-state index is 0.0713. The van der Waals surface area contributed by atoms with Crippen LogP contribution in [0.2, 0.25) is 0 Å². The highest BCUT2D eigenvalue weighted by Gasteiger charge is 2.32. The fourth-order valence-corrected chi connectivity index (χ4v) is 3.28. The van der Waals surface area contributed by atoms with Crippen molar-refractivity contribution >= 4 is 29.1 Å². The molecule has 3 N–H and O–H groups in total. The molecule has 0 aromatic heterocycles. The number of anilines is 2. The summed E-state index contributed by atoms with van der Waals surface area (Å²) in [6.07, 6.45) is 2.02. The molecule has 2 aromatic carbocycles. The highest BCUT2D eigenvalue weighted by atomic mass is 16.2. The lowest BCUT2D eigenvalue weighted by Crippen LogP contribution is -2.44. The largest absolute Gasteiger partial charge is 0.352 e. The summed E-state index contributed by atoms with van der Waals surface area (Å²) in [5, 5.41) is 8.61. The van der Waals surface area contributed by atoms with Crippen LogP contribution in [0.3, 0.4) is 0 Å². The Morgan fingerprint density at radius 2 is 1.57 bits per heavy atom. The molecule has 1 fully saturated rings. The third-order valence-corrected chi connectivity index (χ3v) is 4.89. The van der Waals surface area contributed by atoms with Gasteiger partial charge in [0.05, 0.1) is 6.54 Å². The normalized spacial score (nSPS) is 14.1. The number of hydrogen-bond acceptors (Lipinski definition) is 4. The summed E-state index contributed by atoms with van der Waals surface area (Å²) in [5.74, 6) is -0.427. The molecule has 0 spiro atoms. The van der Waals surface area contributed by atoms with Gasteiger partial charge in [-0.2, -0.15) is 0 Å². The van der Waals surface area contributed by atoms with Crippen molar-refractivity contribution in [2.75, 3.05) is 23.7 Å². The van der Waals surface area contributed by atoms with E-state index in [-0.39, 0.29) is 30.3 Å². The number of benzene rings is 2. The van der Waals surface area contributed by atoms with Crippen molar-refractivity contribution in [2.45, 2.75) is 38.8 Å². The number of amides is 3. The van der Waals surface area contributed by atoms with E-state index in [1.165, 1.54) is 6.92 Å². The van der Waals surface area contributed by atoms with E-state index in [2.05, 4.69) is 16.0 Å². The highest BCUT2D eigenvalue weighted by molar-refractivity contribution is 5.94. The van der Waals surface area contributed by atoms with Crippen LogP contribution in [-0.4, -0.2) is 41.8 Å². The molecule has 1 saturated carbocycles. The molecule has 3 rings (SSSR count). The summed E-state index contributed by atoms with van der Waals surface area (Å²) in [5.41, 5.74) is 2.16. The van der Waals surface area contributed by atoms with Gasteiger partial charge in [0.25, 0.3) is 0 Å². The molecular weight excluding hydrogens is 380 g/mol. The summed E-state index contributed by atoms with van der Waals surface area (Å²) >= 11 is 0. The van der Waals surface area contributed by atoms with Gasteiger partial charge in [0.15, 0.2) is 0 Å². The molecule has 0 heterocycles. The van der Waals surface area contributed by atoms with E-state index in [1.54, 1.807) is 24.3 Å². The Hall–Kier alpha value is -3.19. The highest BCUT2D eigenvalue weighted by Crippen LogP contribution is 2.25. The van der Waals surface area contributed by atoms with Crippen molar-refractivity contribution in [2.24, 2.45) is 0 Å². The molecule has 0 bridgehead atoms. The Morgan fingerprint density at radius 3 is 2.10 bits per heavy atom. The van der Waals surface area contributed by atoms with E-state index >= 15 is 0 Å². The van der Waals surface area contributed by atoms with Crippen LogP contribution >= 0.6 is 0 Å². The van der Waals surface area contributed by atoms with Gasteiger partial charge >= 0.3 is 0 Å². The first kappa shape index (κ1) is 21.5. The molecule has 1 aliphatic carbocycles. The zero-order valence-corrected chi connectivity index (χ0v) is 17.4. The Bertz CT molecular complexity index is 879. The standard InChI is InChI=1S/C23H28N4O3/c1-3-27(15-21(29)25-19-11-9-18(10-12-19)24-16(2)28)22(17-7-5-4-6-8-17)23(30)26-20-13-14-20/h4-12,20,22H,3,13-15H2,1-2H3,(H,24,28)(H,25,29)(H,26,30)/t22-/m1/s1. The number of carbonyl (C=O) groups is 3. The summed E-state index contributed by atoms with van der Waals surface area (Å²) < 4.78 is 0. The van der Waals surface area contributed by atoms with Crippen LogP contribution in [0.5, 0.6) is 0 Å². The van der Waals surface area contributed by atoms with Crippen LogP contribution in [0.15, 0.2) is 54.6 Å². The Kier molecular flexibility index (Phi) is 7.19. The van der Waals surface area contributed by atoms with Crippen molar-refractivity contribution in [3.8, 4) is 0 Å². The van der Waals surface area contributed by atoms with Gasteiger partial charge in [0.1, 0.15) is 6.04 Å². The lowest BCUT2D eigenvalue weighted by Gasteiger charge is -2.29. The number of likely N-dealkylation sites (N-methyl/N-ethyl adjacent to an activating group) is 1. The van der Waals surface area contributed by atoms with Gasteiger partial charge in [-0.05, 0) is 49.2 Å². The first-order chi connectivity index (χ1) is 14.5.